The number of phenolic OH excluding ortho intramolecular Hbond substituents is 1. The lowest BCUT2D eigenvalue weighted by atomic mass is 9.78. The van der Waals surface area contributed by atoms with Gasteiger partial charge in [-0.25, -0.2) is 0 Å². The van der Waals surface area contributed by atoms with Gasteiger partial charge in [0.1, 0.15) is 5.75 Å². The van der Waals surface area contributed by atoms with Crippen molar-refractivity contribution in [2.24, 2.45) is 11.8 Å². The number of likely N-dealkylation sites (tertiary alicyclic amines) is 1. The first-order valence-corrected chi connectivity index (χ1v) is 10.7. The van der Waals surface area contributed by atoms with E-state index >= 15 is 0 Å². The summed E-state index contributed by atoms with van der Waals surface area (Å²) in [7, 11) is 3.66. The molecule has 30 heavy (non-hydrogen) atoms. The Morgan fingerprint density at radius 3 is 2.47 bits per heavy atom. The van der Waals surface area contributed by atoms with E-state index in [9.17, 15) is 9.90 Å². The Balaban J connectivity index is 0.00000320. The first kappa shape index (κ1) is 24.2. The zero-order chi connectivity index (χ0) is 21.0. The lowest BCUT2D eigenvalue weighted by Crippen LogP contribution is -2.43. The van der Waals surface area contributed by atoms with Crippen LogP contribution in [0.15, 0.2) is 54.6 Å². The molecule has 0 saturated carbocycles. The molecule has 5 heteroatoms. The molecule has 1 aliphatic rings. The maximum atomic E-state index is 12.9. The van der Waals surface area contributed by atoms with Gasteiger partial charge in [0, 0.05) is 20.1 Å². The number of benzene rings is 2. The number of nitrogens with zero attached hydrogens (tertiary/aromatic N) is 2. The number of hydrogen-bond acceptors (Lipinski definition) is 3. The molecular weight excluding hydrogens is 396 g/mol. The van der Waals surface area contributed by atoms with Gasteiger partial charge in [-0.1, -0.05) is 56.3 Å². The van der Waals surface area contributed by atoms with Crippen LogP contribution in [0.1, 0.15) is 49.8 Å². The van der Waals surface area contributed by atoms with Gasteiger partial charge in [-0.3, -0.25) is 9.69 Å². The fourth-order valence-electron chi connectivity index (χ4n) is 4.61. The molecule has 0 aromatic heterocycles. The molecule has 4 atom stereocenters. The summed E-state index contributed by atoms with van der Waals surface area (Å²) in [5.41, 5.74) is 2.25. The molecule has 1 heterocycles. The van der Waals surface area contributed by atoms with Crippen LogP contribution in [-0.4, -0.2) is 48.0 Å². The fourth-order valence-corrected chi connectivity index (χ4v) is 4.61. The van der Waals surface area contributed by atoms with Crippen molar-refractivity contribution in [3.63, 3.8) is 0 Å². The second-order valence-electron chi connectivity index (χ2n) is 8.69. The molecule has 0 spiro atoms. The molecule has 4 unspecified atom stereocenters. The van der Waals surface area contributed by atoms with Crippen molar-refractivity contribution in [3.05, 3.63) is 65.7 Å². The van der Waals surface area contributed by atoms with Crippen LogP contribution in [0.2, 0.25) is 0 Å². The van der Waals surface area contributed by atoms with E-state index in [1.165, 1.54) is 5.56 Å². The largest absolute Gasteiger partial charge is 0.508 e. The molecule has 2 aromatic rings. The molecule has 1 aliphatic heterocycles. The predicted molar refractivity (Wildman–Crippen MR) is 125 cm³/mol. The normalized spacial score (nSPS) is 22.7. The highest BCUT2D eigenvalue weighted by Gasteiger charge is 2.35. The third-order valence-electron chi connectivity index (χ3n) is 6.52. The first-order chi connectivity index (χ1) is 13.9. The third-order valence-corrected chi connectivity index (χ3v) is 6.52. The van der Waals surface area contributed by atoms with Gasteiger partial charge in [-0.05, 0) is 61.0 Å². The van der Waals surface area contributed by atoms with Gasteiger partial charge in [0.25, 0.3) is 0 Å². The summed E-state index contributed by atoms with van der Waals surface area (Å²) in [6.07, 6.45) is 1.95. The lowest BCUT2D eigenvalue weighted by molar-refractivity contribution is -0.130. The standard InChI is InChI=1S/C25H34N2O2.ClH/c1-18-13-15-27(24(19(18)2)21-11-8-12-22(28)17-21)16-14-23(25(29)26(3)4)20-9-6-5-7-10-20;/h5-12,17-19,23-24,28H,13-16H2,1-4H3;1H. The average molecular weight is 431 g/mol. The van der Waals surface area contributed by atoms with Gasteiger partial charge in [-0.2, -0.15) is 0 Å². The Bertz CT molecular complexity index is 812. The van der Waals surface area contributed by atoms with Gasteiger partial charge >= 0.3 is 0 Å². The molecule has 4 nitrogen and oxygen atoms in total. The minimum Gasteiger partial charge on any atom is -0.508 e. The molecule has 1 N–H and O–H groups in total. The molecule has 0 bridgehead atoms. The Morgan fingerprint density at radius 1 is 1.13 bits per heavy atom. The number of phenols is 1. The molecule has 3 rings (SSSR count). The van der Waals surface area contributed by atoms with Crippen LogP contribution >= 0.6 is 12.4 Å². The highest BCUT2D eigenvalue weighted by Crippen LogP contribution is 2.40. The summed E-state index contributed by atoms with van der Waals surface area (Å²) in [5, 5.41) is 10.0. The van der Waals surface area contributed by atoms with Crippen molar-refractivity contribution in [2.75, 3.05) is 27.2 Å². The van der Waals surface area contributed by atoms with E-state index in [1.807, 2.05) is 44.4 Å². The van der Waals surface area contributed by atoms with Gasteiger partial charge in [0.2, 0.25) is 5.91 Å². The van der Waals surface area contributed by atoms with Crippen molar-refractivity contribution in [1.82, 2.24) is 9.80 Å². The highest BCUT2D eigenvalue weighted by molar-refractivity contribution is 5.85. The summed E-state index contributed by atoms with van der Waals surface area (Å²) in [6, 6.07) is 18.0. The Hall–Kier alpha value is -2.04. The number of rotatable bonds is 6. The minimum absolute atomic E-state index is 0. The third kappa shape index (κ3) is 5.55. The number of aromatic hydroxyl groups is 1. The Morgan fingerprint density at radius 2 is 1.83 bits per heavy atom. The van der Waals surface area contributed by atoms with Crippen LogP contribution in [0.4, 0.5) is 0 Å². The van der Waals surface area contributed by atoms with Crippen LogP contribution in [0.5, 0.6) is 5.75 Å². The predicted octanol–water partition coefficient (Wildman–Crippen LogP) is 5.10. The number of carbonyl (C=O) groups is 1. The summed E-state index contributed by atoms with van der Waals surface area (Å²) in [5.74, 6) is 1.46. The highest BCUT2D eigenvalue weighted by atomic mass is 35.5. The molecule has 0 radical (unpaired) electrons. The Labute approximate surface area is 187 Å². The number of piperidine rings is 1. The van der Waals surface area contributed by atoms with Crippen molar-refractivity contribution >= 4 is 18.3 Å². The molecule has 2 aromatic carbocycles. The number of amides is 1. The van der Waals surface area contributed by atoms with Crippen molar-refractivity contribution in [3.8, 4) is 5.75 Å². The summed E-state index contributed by atoms with van der Waals surface area (Å²) in [6.45, 7) is 6.51. The van der Waals surface area contributed by atoms with Gasteiger partial charge in [0.15, 0.2) is 0 Å². The molecular formula is C25H35ClN2O2. The van der Waals surface area contributed by atoms with Crippen LogP contribution in [-0.2, 0) is 4.79 Å². The first-order valence-electron chi connectivity index (χ1n) is 10.7. The fraction of sp³-hybridized carbons (Fsp3) is 0.480. The topological polar surface area (TPSA) is 43.8 Å². The van der Waals surface area contributed by atoms with Crippen molar-refractivity contribution < 1.29 is 9.90 Å². The molecule has 1 saturated heterocycles. The van der Waals surface area contributed by atoms with Crippen LogP contribution < -0.4 is 0 Å². The van der Waals surface area contributed by atoms with Gasteiger partial charge < -0.3 is 10.0 Å². The van der Waals surface area contributed by atoms with E-state index in [-0.39, 0.29) is 30.3 Å². The van der Waals surface area contributed by atoms with Crippen LogP contribution in [0.25, 0.3) is 0 Å². The van der Waals surface area contributed by atoms with Gasteiger partial charge in [0.05, 0.1) is 5.92 Å². The van der Waals surface area contributed by atoms with E-state index in [0.29, 0.717) is 17.6 Å². The van der Waals surface area contributed by atoms with Crippen molar-refractivity contribution in [2.45, 2.75) is 38.6 Å². The molecule has 0 aliphatic carbocycles. The van der Waals surface area contributed by atoms with E-state index < -0.39 is 0 Å². The molecule has 1 fully saturated rings. The molecule has 164 valence electrons. The quantitative estimate of drug-likeness (QED) is 0.693. The second-order valence-corrected chi connectivity index (χ2v) is 8.69. The number of hydrogen-bond donors (Lipinski definition) is 1. The van der Waals surface area contributed by atoms with E-state index in [2.05, 4.69) is 36.9 Å². The maximum absolute atomic E-state index is 12.9. The van der Waals surface area contributed by atoms with E-state index in [4.69, 9.17) is 0 Å². The number of likely N-dealkylation sites (N-methyl/N-ethyl adjacent to an activating group) is 1. The minimum atomic E-state index is -0.134. The molecule has 1 amide bonds. The zero-order valence-corrected chi connectivity index (χ0v) is 19.3. The summed E-state index contributed by atoms with van der Waals surface area (Å²) >= 11 is 0. The SMILES string of the molecule is CC1CCN(CCC(C(=O)N(C)C)c2ccccc2)C(c2cccc(O)c2)C1C.Cl. The van der Waals surface area contributed by atoms with Crippen molar-refractivity contribution in [1.29, 1.82) is 0 Å². The monoisotopic (exact) mass is 430 g/mol. The van der Waals surface area contributed by atoms with E-state index in [1.54, 1.807) is 11.0 Å². The number of halogens is 1. The average Bonchev–Trinajstić information content (AvgIpc) is 2.71. The Kier molecular flexibility index (Phi) is 8.75. The zero-order valence-electron chi connectivity index (χ0n) is 18.5. The van der Waals surface area contributed by atoms with Crippen LogP contribution in [0.3, 0.4) is 0 Å². The van der Waals surface area contributed by atoms with Crippen LogP contribution in [0, 0.1) is 11.8 Å². The van der Waals surface area contributed by atoms with E-state index in [0.717, 1.165) is 31.5 Å². The number of carbonyl (C=O) groups excluding carboxylic acids is 1. The maximum Gasteiger partial charge on any atom is 0.229 e. The second kappa shape index (κ2) is 10.8. The summed E-state index contributed by atoms with van der Waals surface area (Å²) < 4.78 is 0. The summed E-state index contributed by atoms with van der Waals surface area (Å²) in [4.78, 5) is 17.1. The smallest absolute Gasteiger partial charge is 0.229 e. The van der Waals surface area contributed by atoms with Gasteiger partial charge in [-0.15, -0.1) is 12.4 Å². The lowest BCUT2D eigenvalue weighted by Gasteiger charge is -2.44.